The fourth-order valence-electron chi connectivity index (χ4n) is 1.17. The zero-order valence-electron chi connectivity index (χ0n) is 7.84. The molecular weight excluding hydrogens is 230 g/mol. The van der Waals surface area contributed by atoms with E-state index in [1.807, 2.05) is 12.1 Å². The Labute approximate surface area is 86.9 Å². The molecule has 1 aromatic carbocycles. The number of halogens is 1. The van der Waals surface area contributed by atoms with Crippen LogP contribution in [0.5, 0.6) is 5.75 Å². The van der Waals surface area contributed by atoms with Gasteiger partial charge in [0.25, 0.3) is 0 Å². The van der Waals surface area contributed by atoms with E-state index in [9.17, 15) is 5.11 Å². The first kappa shape index (κ1) is 10.5. The maximum atomic E-state index is 9.58. The molecule has 0 aliphatic carbocycles. The van der Waals surface area contributed by atoms with Crippen LogP contribution < -0.4 is 5.73 Å². The summed E-state index contributed by atoms with van der Waals surface area (Å²) in [6.45, 7) is 4.59. The van der Waals surface area contributed by atoms with Crippen LogP contribution in [0.4, 0.5) is 0 Å². The molecule has 0 fully saturated rings. The standard InChI is InChI=1S/C10H14BrNO/c1-6(2)7-3-8(5-12)10(13)9(11)4-7/h3-4,6,13H,5,12H2,1-2H3. The highest BCUT2D eigenvalue weighted by Gasteiger charge is 2.08. The van der Waals surface area contributed by atoms with E-state index < -0.39 is 0 Å². The van der Waals surface area contributed by atoms with Crippen molar-refractivity contribution >= 4 is 15.9 Å². The maximum Gasteiger partial charge on any atom is 0.134 e. The monoisotopic (exact) mass is 243 g/mol. The second-order valence-electron chi connectivity index (χ2n) is 3.37. The molecule has 0 amide bonds. The average molecular weight is 244 g/mol. The third-order valence-corrected chi connectivity index (χ3v) is 2.66. The van der Waals surface area contributed by atoms with Gasteiger partial charge in [-0.1, -0.05) is 19.9 Å². The summed E-state index contributed by atoms with van der Waals surface area (Å²) in [5, 5.41) is 9.58. The first-order chi connectivity index (χ1) is 6.06. The van der Waals surface area contributed by atoms with Crippen LogP contribution in [0.2, 0.25) is 0 Å². The lowest BCUT2D eigenvalue weighted by Gasteiger charge is -2.10. The smallest absolute Gasteiger partial charge is 0.134 e. The molecule has 3 heteroatoms. The zero-order chi connectivity index (χ0) is 10.0. The SMILES string of the molecule is CC(C)c1cc(Br)c(O)c(CN)c1. The number of rotatable bonds is 2. The van der Waals surface area contributed by atoms with E-state index >= 15 is 0 Å². The minimum Gasteiger partial charge on any atom is -0.506 e. The van der Waals surface area contributed by atoms with Crippen molar-refractivity contribution in [2.75, 3.05) is 0 Å². The van der Waals surface area contributed by atoms with E-state index in [1.165, 1.54) is 5.56 Å². The lowest BCUT2D eigenvalue weighted by Crippen LogP contribution is -1.99. The second-order valence-corrected chi connectivity index (χ2v) is 4.22. The van der Waals surface area contributed by atoms with Gasteiger partial charge in [0, 0.05) is 12.1 Å². The van der Waals surface area contributed by atoms with Crippen molar-refractivity contribution in [3.8, 4) is 5.75 Å². The van der Waals surface area contributed by atoms with E-state index in [2.05, 4.69) is 29.8 Å². The van der Waals surface area contributed by atoms with Crippen molar-refractivity contribution in [3.63, 3.8) is 0 Å². The second kappa shape index (κ2) is 4.11. The molecule has 0 aliphatic heterocycles. The number of phenols is 1. The van der Waals surface area contributed by atoms with Crippen LogP contribution in [0.3, 0.4) is 0 Å². The molecule has 0 heterocycles. The maximum absolute atomic E-state index is 9.58. The van der Waals surface area contributed by atoms with Crippen LogP contribution in [-0.4, -0.2) is 5.11 Å². The topological polar surface area (TPSA) is 46.2 Å². The quantitative estimate of drug-likeness (QED) is 0.840. The molecule has 0 saturated carbocycles. The molecule has 0 saturated heterocycles. The molecule has 1 aromatic rings. The molecule has 0 unspecified atom stereocenters. The number of benzene rings is 1. The molecule has 2 nitrogen and oxygen atoms in total. The van der Waals surface area contributed by atoms with E-state index in [-0.39, 0.29) is 5.75 Å². The lowest BCUT2D eigenvalue weighted by molar-refractivity contribution is 0.464. The van der Waals surface area contributed by atoms with Crippen LogP contribution in [-0.2, 0) is 6.54 Å². The highest BCUT2D eigenvalue weighted by Crippen LogP contribution is 2.31. The first-order valence-corrected chi connectivity index (χ1v) is 5.07. The minimum absolute atomic E-state index is 0.256. The van der Waals surface area contributed by atoms with Gasteiger partial charge in [0.2, 0.25) is 0 Å². The lowest BCUT2D eigenvalue weighted by atomic mass is 10.0. The van der Waals surface area contributed by atoms with Crippen LogP contribution in [0.25, 0.3) is 0 Å². The summed E-state index contributed by atoms with van der Waals surface area (Å²) < 4.78 is 0.721. The van der Waals surface area contributed by atoms with Crippen molar-refractivity contribution in [2.24, 2.45) is 5.73 Å². The van der Waals surface area contributed by atoms with E-state index in [1.54, 1.807) is 0 Å². The molecule has 1 rings (SSSR count). The molecule has 0 atom stereocenters. The first-order valence-electron chi connectivity index (χ1n) is 4.27. The third kappa shape index (κ3) is 2.23. The Morgan fingerprint density at radius 1 is 1.46 bits per heavy atom. The zero-order valence-corrected chi connectivity index (χ0v) is 9.43. The Hall–Kier alpha value is -0.540. The van der Waals surface area contributed by atoms with Gasteiger partial charge in [-0.15, -0.1) is 0 Å². The predicted octanol–water partition coefficient (Wildman–Crippen LogP) is 2.74. The van der Waals surface area contributed by atoms with Gasteiger partial charge in [-0.05, 0) is 33.5 Å². The van der Waals surface area contributed by atoms with Gasteiger partial charge >= 0.3 is 0 Å². The predicted molar refractivity (Wildman–Crippen MR) is 57.8 cm³/mol. The van der Waals surface area contributed by atoms with Gasteiger partial charge in [0.15, 0.2) is 0 Å². The molecule has 0 bridgehead atoms. The van der Waals surface area contributed by atoms with Gasteiger partial charge in [-0.3, -0.25) is 0 Å². The molecule has 0 spiro atoms. The number of hydrogen-bond donors (Lipinski definition) is 2. The summed E-state index contributed by atoms with van der Waals surface area (Å²) in [6, 6.07) is 3.88. The summed E-state index contributed by atoms with van der Waals surface area (Å²) in [4.78, 5) is 0. The normalized spacial score (nSPS) is 10.8. The highest BCUT2D eigenvalue weighted by atomic mass is 79.9. The van der Waals surface area contributed by atoms with Crippen molar-refractivity contribution in [3.05, 3.63) is 27.7 Å². The van der Waals surface area contributed by atoms with E-state index in [4.69, 9.17) is 5.73 Å². The van der Waals surface area contributed by atoms with Crippen molar-refractivity contribution in [2.45, 2.75) is 26.3 Å². The average Bonchev–Trinajstić information content (AvgIpc) is 2.09. The van der Waals surface area contributed by atoms with Crippen LogP contribution in [0.15, 0.2) is 16.6 Å². The van der Waals surface area contributed by atoms with Gasteiger partial charge in [-0.2, -0.15) is 0 Å². The summed E-state index contributed by atoms with van der Waals surface area (Å²) >= 11 is 3.30. The summed E-state index contributed by atoms with van der Waals surface area (Å²) in [6.07, 6.45) is 0. The van der Waals surface area contributed by atoms with Crippen LogP contribution >= 0.6 is 15.9 Å². The largest absolute Gasteiger partial charge is 0.506 e. The molecule has 72 valence electrons. The Balaban J connectivity index is 3.22. The number of phenolic OH excluding ortho intramolecular Hbond substituents is 1. The van der Waals surface area contributed by atoms with Crippen molar-refractivity contribution < 1.29 is 5.11 Å². The van der Waals surface area contributed by atoms with Crippen molar-refractivity contribution in [1.29, 1.82) is 0 Å². The fraction of sp³-hybridized carbons (Fsp3) is 0.400. The molecule has 0 radical (unpaired) electrons. The van der Waals surface area contributed by atoms with Gasteiger partial charge in [0.1, 0.15) is 5.75 Å². The molecular formula is C10H14BrNO. The summed E-state index contributed by atoms with van der Waals surface area (Å²) in [7, 11) is 0. The summed E-state index contributed by atoms with van der Waals surface area (Å²) in [5.41, 5.74) is 7.48. The molecule has 3 N–H and O–H groups in total. The van der Waals surface area contributed by atoms with E-state index in [0.717, 1.165) is 10.0 Å². The Morgan fingerprint density at radius 3 is 2.54 bits per heavy atom. The number of aromatic hydroxyl groups is 1. The van der Waals surface area contributed by atoms with Crippen LogP contribution in [0.1, 0.15) is 30.9 Å². The van der Waals surface area contributed by atoms with Crippen molar-refractivity contribution in [1.82, 2.24) is 0 Å². The van der Waals surface area contributed by atoms with Gasteiger partial charge in [0.05, 0.1) is 4.47 Å². The third-order valence-electron chi connectivity index (χ3n) is 2.05. The number of hydrogen-bond acceptors (Lipinski definition) is 2. The Bertz CT molecular complexity index is 310. The van der Waals surface area contributed by atoms with E-state index in [0.29, 0.717) is 12.5 Å². The van der Waals surface area contributed by atoms with Gasteiger partial charge in [-0.25, -0.2) is 0 Å². The minimum atomic E-state index is 0.256. The fourth-order valence-corrected chi connectivity index (χ4v) is 1.69. The Morgan fingerprint density at radius 2 is 2.08 bits per heavy atom. The number of nitrogens with two attached hydrogens (primary N) is 1. The molecule has 0 aliphatic rings. The van der Waals surface area contributed by atoms with Gasteiger partial charge < -0.3 is 10.8 Å². The highest BCUT2D eigenvalue weighted by molar-refractivity contribution is 9.10. The van der Waals surface area contributed by atoms with Crippen LogP contribution in [0, 0.1) is 0 Å². The molecule has 13 heavy (non-hydrogen) atoms. The molecule has 0 aromatic heterocycles. The summed E-state index contributed by atoms with van der Waals surface area (Å²) in [5.74, 6) is 0.703. The Kier molecular flexibility index (Phi) is 3.33.